The molecule has 0 heterocycles. The maximum absolute atomic E-state index is 12.1. The van der Waals surface area contributed by atoms with Gasteiger partial charge in [0, 0.05) is 34.1 Å². The molecule has 0 aromatic heterocycles. The Hall–Kier alpha value is -1.55. The lowest BCUT2D eigenvalue weighted by Gasteiger charge is -2.17. The third kappa shape index (κ3) is 4.47. The van der Waals surface area contributed by atoms with Gasteiger partial charge in [-0.1, -0.05) is 60.5 Å². The molecule has 0 saturated carbocycles. The van der Waals surface area contributed by atoms with Crippen LogP contribution in [0.15, 0.2) is 42.5 Å². The van der Waals surface area contributed by atoms with E-state index in [0.717, 1.165) is 16.7 Å². The molecule has 0 bridgehead atoms. The molecule has 0 spiro atoms. The molecule has 2 unspecified atom stereocenters. The molecule has 3 N–H and O–H groups in total. The summed E-state index contributed by atoms with van der Waals surface area (Å²) in [6.07, 6.45) is 0. The van der Waals surface area contributed by atoms with Crippen LogP contribution in [0.3, 0.4) is 0 Å². The molecule has 0 aliphatic carbocycles. The van der Waals surface area contributed by atoms with Gasteiger partial charge in [0.25, 0.3) is 0 Å². The Kier molecular flexibility index (Phi) is 6.05. The van der Waals surface area contributed by atoms with Gasteiger partial charge in [0.05, 0.1) is 0 Å². The molecule has 0 radical (unpaired) electrons. The average Bonchev–Trinajstić information content (AvgIpc) is 2.52. The van der Waals surface area contributed by atoms with Gasteiger partial charge in [-0.05, 0) is 30.2 Å². The van der Waals surface area contributed by atoms with E-state index in [2.05, 4.69) is 5.32 Å². The van der Waals surface area contributed by atoms with Crippen molar-refractivity contribution in [1.29, 1.82) is 0 Å². The van der Waals surface area contributed by atoms with E-state index in [1.165, 1.54) is 0 Å². The fraction of sp³-hybridized carbons (Fsp3) is 0.278. The molecule has 5 heteroatoms. The smallest absolute Gasteiger partial charge is 0.224 e. The van der Waals surface area contributed by atoms with E-state index in [0.29, 0.717) is 16.6 Å². The highest BCUT2D eigenvalue weighted by Gasteiger charge is 2.17. The Morgan fingerprint density at radius 2 is 1.83 bits per heavy atom. The quantitative estimate of drug-likeness (QED) is 0.846. The maximum Gasteiger partial charge on any atom is 0.224 e. The zero-order valence-corrected chi connectivity index (χ0v) is 14.7. The van der Waals surface area contributed by atoms with Crippen LogP contribution in [0.2, 0.25) is 10.0 Å². The molecule has 1 amide bonds. The van der Waals surface area contributed by atoms with Crippen molar-refractivity contribution in [2.24, 2.45) is 11.7 Å². The van der Waals surface area contributed by atoms with E-state index in [-0.39, 0.29) is 17.9 Å². The summed E-state index contributed by atoms with van der Waals surface area (Å²) < 4.78 is 0. The SMILES string of the molecule is CC(N)C(C)C(=O)NCc1ccccc1-c1ccc(Cl)cc1Cl. The number of nitrogens with one attached hydrogen (secondary N) is 1. The van der Waals surface area contributed by atoms with Crippen LogP contribution in [0.25, 0.3) is 11.1 Å². The van der Waals surface area contributed by atoms with Gasteiger partial charge in [0.2, 0.25) is 5.91 Å². The standard InChI is InChI=1S/C18H20Cl2N2O/c1-11(12(2)21)18(23)22-10-13-5-3-4-6-15(13)16-8-7-14(19)9-17(16)20/h3-9,11-12H,10,21H2,1-2H3,(H,22,23). The maximum atomic E-state index is 12.1. The first kappa shape index (κ1) is 17.8. The second-order valence-corrected chi connectivity index (χ2v) is 6.49. The van der Waals surface area contributed by atoms with Gasteiger partial charge in [0.15, 0.2) is 0 Å². The van der Waals surface area contributed by atoms with Crippen LogP contribution in [-0.2, 0) is 11.3 Å². The predicted molar refractivity (Wildman–Crippen MR) is 96.6 cm³/mol. The topological polar surface area (TPSA) is 55.1 Å². The predicted octanol–water partition coefficient (Wildman–Crippen LogP) is 4.26. The van der Waals surface area contributed by atoms with Crippen molar-refractivity contribution >= 4 is 29.1 Å². The molecule has 0 aliphatic heterocycles. The van der Waals surface area contributed by atoms with Crippen LogP contribution >= 0.6 is 23.2 Å². The van der Waals surface area contributed by atoms with Crippen molar-refractivity contribution in [3.05, 3.63) is 58.1 Å². The van der Waals surface area contributed by atoms with E-state index in [4.69, 9.17) is 28.9 Å². The summed E-state index contributed by atoms with van der Waals surface area (Å²) in [5.41, 5.74) is 8.62. The van der Waals surface area contributed by atoms with Crippen molar-refractivity contribution in [2.75, 3.05) is 0 Å². The fourth-order valence-corrected chi connectivity index (χ4v) is 2.74. The van der Waals surface area contributed by atoms with Crippen LogP contribution in [-0.4, -0.2) is 11.9 Å². The van der Waals surface area contributed by atoms with Crippen LogP contribution in [0.5, 0.6) is 0 Å². The molecular weight excluding hydrogens is 331 g/mol. The third-order valence-electron chi connectivity index (χ3n) is 3.89. The Balaban J connectivity index is 2.23. The first-order valence-corrected chi connectivity index (χ1v) is 8.22. The average molecular weight is 351 g/mol. The first-order chi connectivity index (χ1) is 10.9. The van der Waals surface area contributed by atoms with E-state index >= 15 is 0 Å². The summed E-state index contributed by atoms with van der Waals surface area (Å²) in [4.78, 5) is 12.1. The molecule has 0 saturated heterocycles. The monoisotopic (exact) mass is 350 g/mol. The Labute approximate surface area is 146 Å². The largest absolute Gasteiger partial charge is 0.352 e. The Bertz CT molecular complexity index is 701. The molecule has 2 aromatic rings. The summed E-state index contributed by atoms with van der Waals surface area (Å²) in [6, 6.07) is 13.0. The normalized spacial score (nSPS) is 13.4. The van der Waals surface area contributed by atoms with Crippen molar-refractivity contribution < 1.29 is 4.79 Å². The van der Waals surface area contributed by atoms with Gasteiger partial charge in [-0.3, -0.25) is 4.79 Å². The van der Waals surface area contributed by atoms with Crippen molar-refractivity contribution in [1.82, 2.24) is 5.32 Å². The minimum Gasteiger partial charge on any atom is -0.352 e. The summed E-state index contributed by atoms with van der Waals surface area (Å²) >= 11 is 12.3. The van der Waals surface area contributed by atoms with E-state index in [1.807, 2.05) is 44.2 Å². The zero-order chi connectivity index (χ0) is 17.0. The highest BCUT2D eigenvalue weighted by atomic mass is 35.5. The number of rotatable bonds is 5. The van der Waals surface area contributed by atoms with E-state index in [9.17, 15) is 4.79 Å². The van der Waals surface area contributed by atoms with Gasteiger partial charge in [-0.15, -0.1) is 0 Å². The summed E-state index contributed by atoms with van der Waals surface area (Å²) in [5, 5.41) is 4.11. The van der Waals surface area contributed by atoms with Crippen molar-refractivity contribution in [2.45, 2.75) is 26.4 Å². The third-order valence-corrected chi connectivity index (χ3v) is 4.44. The number of halogens is 2. The first-order valence-electron chi connectivity index (χ1n) is 7.46. The number of benzene rings is 2. The summed E-state index contributed by atoms with van der Waals surface area (Å²) in [7, 11) is 0. The van der Waals surface area contributed by atoms with Gasteiger partial charge < -0.3 is 11.1 Å². The Morgan fingerprint density at radius 1 is 1.13 bits per heavy atom. The minimum absolute atomic E-state index is 0.0583. The lowest BCUT2D eigenvalue weighted by Crippen LogP contribution is -2.38. The van der Waals surface area contributed by atoms with E-state index < -0.39 is 0 Å². The second kappa shape index (κ2) is 7.82. The highest BCUT2D eigenvalue weighted by Crippen LogP contribution is 2.32. The van der Waals surface area contributed by atoms with Crippen molar-refractivity contribution in [3.8, 4) is 11.1 Å². The molecule has 2 atom stereocenters. The van der Waals surface area contributed by atoms with E-state index in [1.54, 1.807) is 12.1 Å². The molecule has 0 fully saturated rings. The van der Waals surface area contributed by atoms with Crippen molar-refractivity contribution in [3.63, 3.8) is 0 Å². The molecule has 0 aliphatic rings. The van der Waals surface area contributed by atoms with Crippen LogP contribution in [0.4, 0.5) is 0 Å². The van der Waals surface area contributed by atoms with Gasteiger partial charge >= 0.3 is 0 Å². The molecule has 2 rings (SSSR count). The molecule has 2 aromatic carbocycles. The number of carbonyl (C=O) groups is 1. The van der Waals surface area contributed by atoms with Crippen LogP contribution < -0.4 is 11.1 Å². The lowest BCUT2D eigenvalue weighted by atomic mass is 9.99. The summed E-state index contributed by atoms with van der Waals surface area (Å²) in [6.45, 7) is 4.07. The zero-order valence-electron chi connectivity index (χ0n) is 13.1. The van der Waals surface area contributed by atoms with Crippen LogP contribution in [0, 0.1) is 5.92 Å². The molecule has 3 nitrogen and oxygen atoms in total. The van der Waals surface area contributed by atoms with Gasteiger partial charge in [-0.25, -0.2) is 0 Å². The molecule has 122 valence electrons. The number of nitrogens with two attached hydrogens (primary N) is 1. The minimum atomic E-state index is -0.235. The number of amides is 1. The number of carbonyl (C=O) groups excluding carboxylic acids is 1. The number of hydrogen-bond donors (Lipinski definition) is 2. The highest BCUT2D eigenvalue weighted by molar-refractivity contribution is 6.36. The van der Waals surface area contributed by atoms with Gasteiger partial charge in [0.1, 0.15) is 0 Å². The van der Waals surface area contributed by atoms with Crippen LogP contribution in [0.1, 0.15) is 19.4 Å². The fourth-order valence-electron chi connectivity index (χ4n) is 2.23. The van der Waals surface area contributed by atoms with Gasteiger partial charge in [-0.2, -0.15) is 0 Å². The number of hydrogen-bond acceptors (Lipinski definition) is 2. The second-order valence-electron chi connectivity index (χ2n) is 5.65. The Morgan fingerprint density at radius 3 is 2.48 bits per heavy atom. The lowest BCUT2D eigenvalue weighted by molar-refractivity contribution is -0.125. The molecule has 23 heavy (non-hydrogen) atoms. The summed E-state index contributed by atoms with van der Waals surface area (Å²) in [5.74, 6) is -0.293. The molecular formula is C18H20Cl2N2O.